The lowest BCUT2D eigenvalue weighted by atomic mass is 10.1. The molecule has 0 saturated heterocycles. The zero-order chi connectivity index (χ0) is 17.2. The molecule has 1 N–H and O–H groups in total. The SMILES string of the molecule is CC(Cn1cncn1)c1nc(Cc2cccs2)nn1CC(C)(C)O. The van der Waals surface area contributed by atoms with Crippen molar-refractivity contribution in [3.05, 3.63) is 46.7 Å². The molecule has 7 nitrogen and oxygen atoms in total. The smallest absolute Gasteiger partial charge is 0.156 e. The first-order valence-corrected chi connectivity index (χ1v) is 8.79. The average molecular weight is 346 g/mol. The molecule has 24 heavy (non-hydrogen) atoms. The molecule has 0 amide bonds. The van der Waals surface area contributed by atoms with Crippen LogP contribution in [-0.2, 0) is 19.5 Å². The van der Waals surface area contributed by atoms with Crippen molar-refractivity contribution in [2.45, 2.75) is 51.8 Å². The molecule has 0 bridgehead atoms. The maximum atomic E-state index is 10.2. The standard InChI is InChI=1S/C16H22N6OS/c1-12(8-21-11-17-10-18-21)15-19-14(7-13-5-4-6-24-13)20-22(15)9-16(2,3)23/h4-6,10-12,23H,7-9H2,1-3H3. The van der Waals surface area contributed by atoms with Crippen LogP contribution in [0.2, 0.25) is 0 Å². The highest BCUT2D eigenvalue weighted by Crippen LogP contribution is 2.20. The number of hydrogen-bond acceptors (Lipinski definition) is 6. The molecule has 3 aromatic rings. The van der Waals surface area contributed by atoms with Gasteiger partial charge in [-0.05, 0) is 25.3 Å². The van der Waals surface area contributed by atoms with Crippen LogP contribution in [0.1, 0.15) is 43.2 Å². The van der Waals surface area contributed by atoms with Gasteiger partial charge in [0.25, 0.3) is 0 Å². The Hall–Kier alpha value is -2.06. The number of aliphatic hydroxyl groups is 1. The largest absolute Gasteiger partial charge is 0.389 e. The van der Waals surface area contributed by atoms with Crippen LogP contribution >= 0.6 is 11.3 Å². The lowest BCUT2D eigenvalue weighted by Gasteiger charge is -2.19. The molecule has 0 radical (unpaired) electrons. The Balaban J connectivity index is 1.85. The first kappa shape index (κ1) is 16.8. The minimum absolute atomic E-state index is 0.110. The summed E-state index contributed by atoms with van der Waals surface area (Å²) in [5.74, 6) is 1.75. The first-order chi connectivity index (χ1) is 11.4. The molecule has 0 spiro atoms. The van der Waals surface area contributed by atoms with Gasteiger partial charge >= 0.3 is 0 Å². The van der Waals surface area contributed by atoms with Crippen LogP contribution in [0, 0.1) is 0 Å². The van der Waals surface area contributed by atoms with Crippen LogP contribution in [0.15, 0.2) is 30.2 Å². The highest BCUT2D eigenvalue weighted by molar-refractivity contribution is 7.09. The fraction of sp³-hybridized carbons (Fsp3) is 0.500. The molecule has 3 heterocycles. The van der Waals surface area contributed by atoms with Crippen molar-refractivity contribution < 1.29 is 5.11 Å². The molecule has 0 fully saturated rings. The van der Waals surface area contributed by atoms with E-state index in [1.54, 1.807) is 36.2 Å². The molecular weight excluding hydrogens is 324 g/mol. The number of hydrogen-bond donors (Lipinski definition) is 1. The van der Waals surface area contributed by atoms with Crippen molar-refractivity contribution in [2.75, 3.05) is 0 Å². The Morgan fingerprint density at radius 3 is 2.83 bits per heavy atom. The van der Waals surface area contributed by atoms with Gasteiger partial charge in [-0.2, -0.15) is 10.2 Å². The zero-order valence-electron chi connectivity index (χ0n) is 14.1. The fourth-order valence-corrected chi connectivity index (χ4v) is 3.28. The summed E-state index contributed by atoms with van der Waals surface area (Å²) in [6, 6.07) is 4.11. The zero-order valence-corrected chi connectivity index (χ0v) is 14.9. The minimum atomic E-state index is -0.852. The Morgan fingerprint density at radius 2 is 2.21 bits per heavy atom. The summed E-state index contributed by atoms with van der Waals surface area (Å²) in [7, 11) is 0. The Bertz CT molecular complexity index is 757. The van der Waals surface area contributed by atoms with Crippen LogP contribution < -0.4 is 0 Å². The van der Waals surface area contributed by atoms with Gasteiger partial charge in [0.2, 0.25) is 0 Å². The summed E-state index contributed by atoms with van der Waals surface area (Å²) in [6.45, 7) is 6.71. The van der Waals surface area contributed by atoms with E-state index in [0.29, 0.717) is 19.5 Å². The van der Waals surface area contributed by atoms with E-state index < -0.39 is 5.60 Å². The summed E-state index contributed by atoms with van der Waals surface area (Å²) in [5.41, 5.74) is -0.852. The van der Waals surface area contributed by atoms with Gasteiger partial charge in [0.05, 0.1) is 18.7 Å². The molecule has 1 atom stereocenters. The number of nitrogens with zero attached hydrogens (tertiary/aromatic N) is 6. The lowest BCUT2D eigenvalue weighted by Crippen LogP contribution is -2.28. The summed E-state index contributed by atoms with van der Waals surface area (Å²) < 4.78 is 3.61. The highest BCUT2D eigenvalue weighted by atomic mass is 32.1. The predicted molar refractivity (Wildman–Crippen MR) is 91.9 cm³/mol. The first-order valence-electron chi connectivity index (χ1n) is 7.91. The van der Waals surface area contributed by atoms with Crippen molar-refractivity contribution in [1.29, 1.82) is 0 Å². The van der Waals surface area contributed by atoms with E-state index in [1.807, 2.05) is 10.7 Å². The summed E-state index contributed by atoms with van der Waals surface area (Å²) in [6.07, 6.45) is 3.93. The van der Waals surface area contributed by atoms with Crippen molar-refractivity contribution in [3.63, 3.8) is 0 Å². The fourth-order valence-electron chi connectivity index (χ4n) is 2.58. The summed E-state index contributed by atoms with van der Waals surface area (Å²) in [4.78, 5) is 9.94. The van der Waals surface area contributed by atoms with Crippen LogP contribution in [-0.4, -0.2) is 40.2 Å². The molecule has 3 rings (SSSR count). The lowest BCUT2D eigenvalue weighted by molar-refractivity contribution is 0.0561. The minimum Gasteiger partial charge on any atom is -0.389 e. The van der Waals surface area contributed by atoms with Crippen LogP contribution in [0.5, 0.6) is 0 Å². The average Bonchev–Trinajstić information content (AvgIpc) is 3.20. The molecule has 8 heteroatoms. The second kappa shape index (κ2) is 6.82. The van der Waals surface area contributed by atoms with E-state index in [9.17, 15) is 5.11 Å². The van der Waals surface area contributed by atoms with E-state index in [2.05, 4.69) is 33.6 Å². The molecule has 0 saturated carbocycles. The third-order valence-corrected chi connectivity index (χ3v) is 4.44. The molecule has 1 unspecified atom stereocenters. The Morgan fingerprint density at radius 1 is 1.38 bits per heavy atom. The maximum Gasteiger partial charge on any atom is 0.156 e. The monoisotopic (exact) mass is 346 g/mol. The molecule has 0 aliphatic rings. The molecule has 3 aromatic heterocycles. The van der Waals surface area contributed by atoms with Gasteiger partial charge in [-0.25, -0.2) is 14.6 Å². The van der Waals surface area contributed by atoms with Gasteiger partial charge in [-0.1, -0.05) is 13.0 Å². The van der Waals surface area contributed by atoms with Gasteiger partial charge < -0.3 is 5.11 Å². The molecule has 0 aliphatic carbocycles. The number of aromatic nitrogens is 6. The van der Waals surface area contributed by atoms with Crippen LogP contribution in [0.25, 0.3) is 0 Å². The highest BCUT2D eigenvalue weighted by Gasteiger charge is 2.22. The third kappa shape index (κ3) is 4.27. The van der Waals surface area contributed by atoms with Gasteiger partial charge in [0.15, 0.2) is 5.82 Å². The topological polar surface area (TPSA) is 81.7 Å². The summed E-state index contributed by atoms with van der Waals surface area (Å²) in [5, 5.41) is 21.0. The Labute approximate surface area is 145 Å². The van der Waals surface area contributed by atoms with E-state index in [0.717, 1.165) is 11.6 Å². The maximum absolute atomic E-state index is 10.2. The Kier molecular flexibility index (Phi) is 4.77. The molecule has 128 valence electrons. The molecule has 0 aromatic carbocycles. The second-order valence-electron chi connectivity index (χ2n) is 6.63. The quantitative estimate of drug-likeness (QED) is 0.708. The van der Waals surface area contributed by atoms with Crippen LogP contribution in [0.3, 0.4) is 0 Å². The number of thiophene rings is 1. The van der Waals surface area contributed by atoms with E-state index in [1.165, 1.54) is 11.2 Å². The van der Waals surface area contributed by atoms with Crippen molar-refractivity contribution in [3.8, 4) is 0 Å². The normalized spacial score (nSPS) is 13.3. The van der Waals surface area contributed by atoms with Crippen LogP contribution in [0.4, 0.5) is 0 Å². The van der Waals surface area contributed by atoms with E-state index in [-0.39, 0.29) is 5.92 Å². The van der Waals surface area contributed by atoms with E-state index >= 15 is 0 Å². The number of rotatable bonds is 7. The van der Waals surface area contributed by atoms with E-state index in [4.69, 9.17) is 4.98 Å². The third-order valence-electron chi connectivity index (χ3n) is 3.56. The van der Waals surface area contributed by atoms with Crippen molar-refractivity contribution in [2.24, 2.45) is 0 Å². The predicted octanol–water partition coefficient (Wildman–Crippen LogP) is 2.10. The van der Waals surface area contributed by atoms with Gasteiger partial charge in [0.1, 0.15) is 18.5 Å². The molecular formula is C16H22N6OS. The van der Waals surface area contributed by atoms with Gasteiger partial charge in [-0.15, -0.1) is 11.3 Å². The van der Waals surface area contributed by atoms with Crippen molar-refractivity contribution >= 4 is 11.3 Å². The summed E-state index contributed by atoms with van der Waals surface area (Å²) >= 11 is 1.70. The van der Waals surface area contributed by atoms with Crippen molar-refractivity contribution in [1.82, 2.24) is 29.5 Å². The molecule has 0 aliphatic heterocycles. The van der Waals surface area contributed by atoms with Gasteiger partial charge in [0, 0.05) is 17.2 Å². The van der Waals surface area contributed by atoms with Gasteiger partial charge in [-0.3, -0.25) is 4.68 Å². The second-order valence-corrected chi connectivity index (χ2v) is 7.66.